The van der Waals surface area contributed by atoms with E-state index in [0.717, 1.165) is 0 Å². The van der Waals surface area contributed by atoms with Gasteiger partial charge in [0.25, 0.3) is 5.91 Å². The molecule has 2 aromatic carbocycles. The van der Waals surface area contributed by atoms with E-state index in [4.69, 9.17) is 16.3 Å². The first kappa shape index (κ1) is 17.6. The second kappa shape index (κ2) is 7.32. The number of methoxy groups -OCH3 is 1. The number of carbonyl (C=O) groups excluding carboxylic acids is 2. The lowest BCUT2D eigenvalue weighted by molar-refractivity contribution is 0.101. The second-order valence-corrected chi connectivity index (χ2v) is 5.76. The van der Waals surface area contributed by atoms with Gasteiger partial charge in [-0.2, -0.15) is 4.68 Å². The first-order valence-electron chi connectivity index (χ1n) is 7.53. The summed E-state index contributed by atoms with van der Waals surface area (Å²) in [6.45, 7) is 1.46. The Morgan fingerprint density at radius 3 is 2.69 bits per heavy atom. The van der Waals surface area contributed by atoms with Crippen LogP contribution >= 0.6 is 11.6 Å². The fourth-order valence-corrected chi connectivity index (χ4v) is 2.60. The highest BCUT2D eigenvalue weighted by molar-refractivity contribution is 6.33. The molecule has 0 unspecified atom stereocenters. The van der Waals surface area contributed by atoms with Crippen molar-refractivity contribution in [3.63, 3.8) is 0 Å². The van der Waals surface area contributed by atoms with E-state index >= 15 is 0 Å². The van der Waals surface area contributed by atoms with E-state index in [-0.39, 0.29) is 16.4 Å². The van der Waals surface area contributed by atoms with Gasteiger partial charge in [0, 0.05) is 17.3 Å². The van der Waals surface area contributed by atoms with Gasteiger partial charge in [-0.15, -0.1) is 5.10 Å². The van der Waals surface area contributed by atoms with Crippen LogP contribution < -0.4 is 10.1 Å². The van der Waals surface area contributed by atoms with Crippen molar-refractivity contribution in [2.45, 2.75) is 6.92 Å². The van der Waals surface area contributed by atoms with Gasteiger partial charge >= 0.3 is 0 Å². The molecule has 132 valence electrons. The van der Waals surface area contributed by atoms with Gasteiger partial charge in [0.05, 0.1) is 23.4 Å². The zero-order valence-corrected chi connectivity index (χ0v) is 14.7. The standard InChI is InChI=1S/C17H14ClN5O3/c1-10(24)11-4-3-5-12(6-11)20-17(25)13-7-14(18)15(8-16(13)26-2)23-9-19-21-22-23/h3-9H,1-2H3,(H,20,25). The molecule has 26 heavy (non-hydrogen) atoms. The van der Waals surface area contributed by atoms with Gasteiger partial charge in [-0.1, -0.05) is 23.7 Å². The van der Waals surface area contributed by atoms with Crippen LogP contribution in [0.15, 0.2) is 42.7 Å². The van der Waals surface area contributed by atoms with Crippen molar-refractivity contribution in [2.75, 3.05) is 12.4 Å². The zero-order valence-electron chi connectivity index (χ0n) is 13.9. The number of hydrogen-bond acceptors (Lipinski definition) is 6. The molecule has 8 nitrogen and oxygen atoms in total. The molecule has 1 aromatic heterocycles. The maximum absolute atomic E-state index is 12.6. The summed E-state index contributed by atoms with van der Waals surface area (Å²) in [5.74, 6) is -0.208. The SMILES string of the molecule is COc1cc(-n2cnnn2)c(Cl)cc1C(=O)Nc1cccc(C(C)=O)c1. The van der Waals surface area contributed by atoms with Crippen LogP contribution in [-0.2, 0) is 0 Å². The molecular weight excluding hydrogens is 358 g/mol. The average molecular weight is 372 g/mol. The number of carbonyl (C=O) groups is 2. The van der Waals surface area contributed by atoms with Crippen LogP contribution in [0.3, 0.4) is 0 Å². The minimum absolute atomic E-state index is 0.0903. The number of nitrogens with zero attached hydrogens (tertiary/aromatic N) is 4. The number of aromatic nitrogens is 4. The number of amides is 1. The van der Waals surface area contributed by atoms with Crippen LogP contribution in [0.4, 0.5) is 5.69 Å². The summed E-state index contributed by atoms with van der Waals surface area (Å²) in [5.41, 5.74) is 1.71. The Kier molecular flexibility index (Phi) is 4.94. The van der Waals surface area contributed by atoms with Crippen molar-refractivity contribution in [1.29, 1.82) is 0 Å². The zero-order chi connectivity index (χ0) is 18.7. The van der Waals surface area contributed by atoms with Crippen LogP contribution in [0, 0.1) is 0 Å². The highest BCUT2D eigenvalue weighted by Crippen LogP contribution is 2.30. The van der Waals surface area contributed by atoms with Gasteiger partial charge in [-0.05, 0) is 35.5 Å². The first-order chi connectivity index (χ1) is 12.5. The molecule has 1 amide bonds. The van der Waals surface area contributed by atoms with Crippen molar-refractivity contribution < 1.29 is 14.3 Å². The lowest BCUT2D eigenvalue weighted by atomic mass is 10.1. The minimum Gasteiger partial charge on any atom is -0.496 e. The third kappa shape index (κ3) is 3.55. The number of tetrazole rings is 1. The van der Waals surface area contributed by atoms with E-state index in [1.54, 1.807) is 30.3 Å². The Morgan fingerprint density at radius 2 is 2.04 bits per heavy atom. The largest absolute Gasteiger partial charge is 0.496 e. The molecular formula is C17H14ClN5O3. The van der Waals surface area contributed by atoms with Crippen LogP contribution in [0.2, 0.25) is 5.02 Å². The molecule has 0 spiro atoms. The van der Waals surface area contributed by atoms with Crippen LogP contribution in [0.1, 0.15) is 27.6 Å². The van der Waals surface area contributed by atoms with Crippen LogP contribution in [0.25, 0.3) is 5.69 Å². The van der Waals surface area contributed by atoms with E-state index in [1.807, 2.05) is 0 Å². The Bertz CT molecular complexity index is 973. The second-order valence-electron chi connectivity index (χ2n) is 5.35. The number of nitrogens with one attached hydrogen (secondary N) is 1. The quantitative estimate of drug-likeness (QED) is 0.692. The molecule has 0 atom stereocenters. The molecule has 3 aromatic rings. The molecule has 0 aliphatic heterocycles. The fourth-order valence-electron chi connectivity index (χ4n) is 2.35. The van der Waals surface area contributed by atoms with E-state index in [9.17, 15) is 9.59 Å². The summed E-state index contributed by atoms with van der Waals surface area (Å²) in [4.78, 5) is 24.1. The van der Waals surface area contributed by atoms with Crippen molar-refractivity contribution in [3.8, 4) is 11.4 Å². The summed E-state index contributed by atoms with van der Waals surface area (Å²) >= 11 is 6.27. The number of ether oxygens (including phenoxy) is 1. The van der Waals surface area contributed by atoms with Crippen molar-refractivity contribution in [2.24, 2.45) is 0 Å². The van der Waals surface area contributed by atoms with E-state index < -0.39 is 5.91 Å². The topological polar surface area (TPSA) is 99.0 Å². The molecule has 9 heteroatoms. The van der Waals surface area contributed by atoms with Crippen LogP contribution in [0.5, 0.6) is 5.75 Å². The predicted octanol–water partition coefficient (Wildman–Crippen LogP) is 2.78. The summed E-state index contributed by atoms with van der Waals surface area (Å²) in [6, 6.07) is 9.70. The number of Topliss-reactive ketones (excluding diaryl/α,β-unsaturated/α-hetero) is 1. The van der Waals surface area contributed by atoms with Crippen molar-refractivity contribution in [1.82, 2.24) is 20.2 Å². The Hall–Kier alpha value is -3.26. The van der Waals surface area contributed by atoms with Crippen molar-refractivity contribution in [3.05, 3.63) is 58.9 Å². The van der Waals surface area contributed by atoms with E-state index in [2.05, 4.69) is 20.8 Å². The minimum atomic E-state index is -0.423. The molecule has 3 rings (SSSR count). The number of rotatable bonds is 5. The van der Waals surface area contributed by atoms with Gasteiger partial charge in [-0.25, -0.2) is 0 Å². The van der Waals surface area contributed by atoms with Crippen molar-refractivity contribution >= 4 is 29.0 Å². The summed E-state index contributed by atoms with van der Waals surface area (Å²) in [6.07, 6.45) is 1.38. The maximum atomic E-state index is 12.6. The van der Waals surface area contributed by atoms with Gasteiger partial charge in [-0.3, -0.25) is 9.59 Å². The summed E-state index contributed by atoms with van der Waals surface area (Å²) in [7, 11) is 1.44. The monoisotopic (exact) mass is 371 g/mol. The number of benzene rings is 2. The molecule has 0 radical (unpaired) electrons. The third-order valence-corrected chi connectivity index (χ3v) is 3.94. The highest BCUT2D eigenvalue weighted by atomic mass is 35.5. The molecule has 1 N–H and O–H groups in total. The molecule has 0 aliphatic rings. The van der Waals surface area contributed by atoms with Gasteiger partial charge < -0.3 is 10.1 Å². The molecule has 0 bridgehead atoms. The Labute approximate surface area is 153 Å². The normalized spacial score (nSPS) is 10.4. The Morgan fingerprint density at radius 1 is 1.23 bits per heavy atom. The maximum Gasteiger partial charge on any atom is 0.259 e. The number of halogens is 1. The number of anilines is 1. The van der Waals surface area contributed by atoms with E-state index in [1.165, 1.54) is 31.1 Å². The van der Waals surface area contributed by atoms with E-state index in [0.29, 0.717) is 22.7 Å². The lowest BCUT2D eigenvalue weighted by Crippen LogP contribution is -2.14. The van der Waals surface area contributed by atoms with Gasteiger partial charge in [0.2, 0.25) is 0 Å². The molecule has 0 saturated carbocycles. The Balaban J connectivity index is 1.93. The predicted molar refractivity (Wildman–Crippen MR) is 95.1 cm³/mol. The highest BCUT2D eigenvalue weighted by Gasteiger charge is 2.18. The lowest BCUT2D eigenvalue weighted by Gasteiger charge is -2.13. The fraction of sp³-hybridized carbons (Fsp3) is 0.118. The average Bonchev–Trinajstić information content (AvgIpc) is 3.16. The molecule has 0 aliphatic carbocycles. The smallest absolute Gasteiger partial charge is 0.259 e. The van der Waals surface area contributed by atoms with Crippen LogP contribution in [-0.4, -0.2) is 39.0 Å². The molecule has 0 saturated heterocycles. The van der Waals surface area contributed by atoms with Gasteiger partial charge in [0.15, 0.2) is 5.78 Å². The van der Waals surface area contributed by atoms with Gasteiger partial charge in [0.1, 0.15) is 12.1 Å². The summed E-state index contributed by atoms with van der Waals surface area (Å²) in [5, 5.41) is 13.9. The molecule has 1 heterocycles. The third-order valence-electron chi connectivity index (χ3n) is 3.64. The number of hydrogen-bond donors (Lipinski definition) is 1. The first-order valence-corrected chi connectivity index (χ1v) is 7.90. The summed E-state index contributed by atoms with van der Waals surface area (Å²) < 4.78 is 6.67. The molecule has 0 fully saturated rings. The number of ketones is 1.